The molecule has 0 spiro atoms. The smallest absolute Gasteiger partial charge is 0.269 e. The van der Waals surface area contributed by atoms with Gasteiger partial charge >= 0.3 is 5.69 Å². The van der Waals surface area contributed by atoms with E-state index in [0.717, 1.165) is 15.6 Å². The molecule has 0 bridgehead atoms. The molecular weight excluding hydrogens is 352 g/mol. The maximum atomic E-state index is 13.4. The molecule has 1 aliphatic rings. The molecule has 28 heavy (non-hydrogen) atoms. The van der Waals surface area contributed by atoms with Gasteiger partial charge in [-0.05, 0) is 36.6 Å². The first-order valence-corrected chi connectivity index (χ1v) is 9.07. The molecular formula is C23H18N2O3. The molecule has 1 heterocycles. The van der Waals surface area contributed by atoms with Crippen LogP contribution < -0.4 is 16.8 Å². The number of para-hydroxylation sites is 1. The third-order valence-corrected chi connectivity index (χ3v) is 4.68. The normalized spacial score (nSPS) is 13.2. The fraction of sp³-hybridized carbons (Fsp3) is 0.0870. The predicted octanol–water partition coefficient (Wildman–Crippen LogP) is 3.22. The summed E-state index contributed by atoms with van der Waals surface area (Å²) in [4.78, 5) is 39.7. The fourth-order valence-electron chi connectivity index (χ4n) is 3.32. The molecule has 2 aromatic carbocycles. The van der Waals surface area contributed by atoms with E-state index in [9.17, 15) is 14.4 Å². The van der Waals surface area contributed by atoms with Crippen molar-refractivity contribution in [2.45, 2.75) is 12.8 Å². The molecule has 5 nitrogen and oxygen atoms in total. The maximum absolute atomic E-state index is 13.4. The molecule has 1 aliphatic carbocycles. The van der Waals surface area contributed by atoms with E-state index in [-0.39, 0.29) is 5.56 Å². The zero-order chi connectivity index (χ0) is 19.5. The minimum absolute atomic E-state index is 0.202. The number of allylic oxidation sites excluding steroid dienone is 4. The number of aromatic nitrogens is 2. The van der Waals surface area contributed by atoms with E-state index in [1.165, 1.54) is 6.07 Å². The number of nitrogens with zero attached hydrogens (tertiary/aromatic N) is 2. The molecule has 0 N–H and O–H groups in total. The molecule has 0 atom stereocenters. The van der Waals surface area contributed by atoms with Crippen LogP contribution in [0.15, 0.2) is 99.3 Å². The molecule has 0 fully saturated rings. The average Bonchev–Trinajstić information content (AvgIpc) is 2.83. The maximum Gasteiger partial charge on any atom is 0.342 e. The van der Waals surface area contributed by atoms with Gasteiger partial charge in [-0.1, -0.05) is 60.7 Å². The van der Waals surface area contributed by atoms with E-state index in [0.29, 0.717) is 23.4 Å². The van der Waals surface area contributed by atoms with Crippen molar-refractivity contribution >= 4 is 5.70 Å². The first-order valence-electron chi connectivity index (χ1n) is 9.07. The summed E-state index contributed by atoms with van der Waals surface area (Å²) in [6, 6.07) is 18.8. The van der Waals surface area contributed by atoms with E-state index < -0.39 is 16.8 Å². The lowest BCUT2D eigenvalue weighted by molar-refractivity contribution is 0.799. The Morgan fingerprint density at radius 1 is 0.786 bits per heavy atom. The Morgan fingerprint density at radius 2 is 1.46 bits per heavy atom. The van der Waals surface area contributed by atoms with Crippen LogP contribution in [0.1, 0.15) is 12.8 Å². The average molecular weight is 370 g/mol. The van der Waals surface area contributed by atoms with Crippen LogP contribution in [0.3, 0.4) is 0 Å². The van der Waals surface area contributed by atoms with E-state index in [1.54, 1.807) is 60.7 Å². The van der Waals surface area contributed by atoms with Gasteiger partial charge in [0.1, 0.15) is 0 Å². The zero-order valence-electron chi connectivity index (χ0n) is 15.1. The SMILES string of the molecule is O=c1c(-c2ccccc2)cc(=O)n(-c2ccccc2)c(=O)n1C1=CC=CCC1. The van der Waals surface area contributed by atoms with Crippen molar-refractivity contribution in [3.63, 3.8) is 0 Å². The quantitative estimate of drug-likeness (QED) is 0.711. The summed E-state index contributed by atoms with van der Waals surface area (Å²) in [5, 5.41) is 0. The minimum atomic E-state index is -0.662. The van der Waals surface area contributed by atoms with Crippen LogP contribution in [0.25, 0.3) is 22.5 Å². The molecule has 5 heteroatoms. The van der Waals surface area contributed by atoms with Crippen LogP contribution in [0, 0.1) is 0 Å². The minimum Gasteiger partial charge on any atom is -0.269 e. The highest BCUT2D eigenvalue weighted by Gasteiger charge is 2.17. The lowest BCUT2D eigenvalue weighted by Gasteiger charge is -2.11. The van der Waals surface area contributed by atoms with Crippen molar-refractivity contribution in [3.8, 4) is 16.8 Å². The standard InChI is InChI=1S/C23H18N2O3/c26-21-16-20(17-10-4-1-5-11-17)22(27)25(19-14-8-3-9-15-19)23(28)24(21)18-12-6-2-7-13-18/h1-8,10-14,16H,9,15H2. The van der Waals surface area contributed by atoms with Gasteiger partial charge in [-0.25, -0.2) is 13.9 Å². The molecule has 1 aromatic heterocycles. The van der Waals surface area contributed by atoms with Gasteiger partial charge in [-0.2, -0.15) is 0 Å². The predicted molar refractivity (Wildman–Crippen MR) is 111 cm³/mol. The topological polar surface area (TPSA) is 61.1 Å². The molecule has 0 saturated heterocycles. The van der Waals surface area contributed by atoms with E-state index in [4.69, 9.17) is 0 Å². The van der Waals surface area contributed by atoms with Gasteiger partial charge in [0.25, 0.3) is 11.1 Å². The summed E-state index contributed by atoms with van der Waals surface area (Å²) in [6.45, 7) is 0. The molecule has 0 aliphatic heterocycles. The Morgan fingerprint density at radius 3 is 2.11 bits per heavy atom. The molecule has 0 radical (unpaired) electrons. The van der Waals surface area contributed by atoms with E-state index in [2.05, 4.69) is 0 Å². The van der Waals surface area contributed by atoms with Gasteiger partial charge < -0.3 is 0 Å². The van der Waals surface area contributed by atoms with Gasteiger partial charge in [0.05, 0.1) is 11.3 Å². The molecule has 0 saturated carbocycles. The van der Waals surface area contributed by atoms with Crippen molar-refractivity contribution < 1.29 is 0 Å². The van der Waals surface area contributed by atoms with Crippen molar-refractivity contribution in [1.82, 2.24) is 9.13 Å². The highest BCUT2D eigenvalue weighted by Crippen LogP contribution is 2.17. The molecule has 0 unspecified atom stereocenters. The summed E-state index contributed by atoms with van der Waals surface area (Å²) < 4.78 is 2.17. The van der Waals surface area contributed by atoms with Crippen molar-refractivity contribution in [2.75, 3.05) is 0 Å². The summed E-state index contributed by atoms with van der Waals surface area (Å²) in [5.74, 6) is 0. The zero-order valence-corrected chi connectivity index (χ0v) is 15.1. The largest absolute Gasteiger partial charge is 0.342 e. The van der Waals surface area contributed by atoms with Gasteiger partial charge in [0, 0.05) is 11.8 Å². The third-order valence-electron chi connectivity index (χ3n) is 4.68. The molecule has 3 aromatic rings. The van der Waals surface area contributed by atoms with Gasteiger partial charge in [0.15, 0.2) is 0 Å². The second kappa shape index (κ2) is 7.48. The summed E-state index contributed by atoms with van der Waals surface area (Å²) >= 11 is 0. The Kier molecular flexibility index (Phi) is 4.72. The lowest BCUT2D eigenvalue weighted by Crippen LogP contribution is -2.38. The van der Waals surface area contributed by atoms with Crippen LogP contribution in [0.5, 0.6) is 0 Å². The third kappa shape index (κ3) is 3.18. The number of benzene rings is 2. The van der Waals surface area contributed by atoms with Crippen LogP contribution in [-0.2, 0) is 0 Å². The van der Waals surface area contributed by atoms with E-state index >= 15 is 0 Å². The van der Waals surface area contributed by atoms with Crippen LogP contribution in [0.4, 0.5) is 0 Å². The van der Waals surface area contributed by atoms with Gasteiger partial charge in [-0.15, -0.1) is 0 Å². The van der Waals surface area contributed by atoms with Crippen LogP contribution in [0.2, 0.25) is 0 Å². The molecule has 0 amide bonds. The van der Waals surface area contributed by atoms with Crippen molar-refractivity contribution in [2.24, 2.45) is 0 Å². The lowest BCUT2D eigenvalue weighted by atomic mass is 10.1. The highest BCUT2D eigenvalue weighted by molar-refractivity contribution is 5.63. The Balaban J connectivity index is 2.15. The summed E-state index contributed by atoms with van der Waals surface area (Å²) in [7, 11) is 0. The Hall–Kier alpha value is -3.73. The summed E-state index contributed by atoms with van der Waals surface area (Å²) in [6.07, 6.45) is 6.83. The van der Waals surface area contributed by atoms with Gasteiger partial charge in [0.2, 0.25) is 0 Å². The highest BCUT2D eigenvalue weighted by atomic mass is 16.2. The van der Waals surface area contributed by atoms with Gasteiger partial charge in [-0.3, -0.25) is 9.59 Å². The Bertz CT molecular complexity index is 1250. The van der Waals surface area contributed by atoms with Crippen molar-refractivity contribution in [1.29, 1.82) is 0 Å². The number of hydrogen-bond acceptors (Lipinski definition) is 3. The molecule has 4 rings (SSSR count). The first-order chi connectivity index (χ1) is 13.7. The number of hydrogen-bond donors (Lipinski definition) is 0. The molecule has 138 valence electrons. The number of rotatable bonds is 3. The van der Waals surface area contributed by atoms with Crippen LogP contribution in [-0.4, -0.2) is 9.13 Å². The second-order valence-electron chi connectivity index (χ2n) is 6.48. The summed E-state index contributed by atoms with van der Waals surface area (Å²) in [5.41, 5.74) is 0.100. The monoisotopic (exact) mass is 370 g/mol. The van der Waals surface area contributed by atoms with Crippen LogP contribution >= 0.6 is 0 Å². The first kappa shape index (κ1) is 17.7. The Labute approximate surface area is 161 Å². The second-order valence-corrected chi connectivity index (χ2v) is 6.48. The fourth-order valence-corrected chi connectivity index (χ4v) is 3.32. The van der Waals surface area contributed by atoms with E-state index in [1.807, 2.05) is 18.2 Å². The van der Waals surface area contributed by atoms with Crippen molar-refractivity contribution in [3.05, 3.63) is 116 Å².